The molecule has 1 unspecified atom stereocenters. The van der Waals surface area contributed by atoms with Crippen LogP contribution in [0.25, 0.3) is 0 Å². The molecule has 1 atom stereocenters. The van der Waals surface area contributed by atoms with Crippen molar-refractivity contribution in [1.82, 2.24) is 5.32 Å². The summed E-state index contributed by atoms with van der Waals surface area (Å²) in [5, 5.41) is 4.36. The number of benzene rings is 1. The van der Waals surface area contributed by atoms with E-state index < -0.39 is 0 Å². The van der Waals surface area contributed by atoms with E-state index in [1.54, 1.807) is 0 Å². The Morgan fingerprint density at radius 2 is 1.74 bits per heavy atom. The monoisotopic (exact) mass is 305 g/mol. The lowest BCUT2D eigenvalue weighted by molar-refractivity contribution is -0.152. The van der Waals surface area contributed by atoms with Crippen molar-refractivity contribution >= 4 is 23.2 Å². The molecule has 108 valence electrons. The first-order chi connectivity index (χ1) is 9.12. The van der Waals surface area contributed by atoms with E-state index in [4.69, 9.17) is 32.7 Å². The number of likely N-dealkylation sites (N-methyl/N-ethyl adjacent to an activating group) is 1. The van der Waals surface area contributed by atoms with Gasteiger partial charge in [-0.2, -0.15) is 0 Å². The molecule has 3 nitrogen and oxygen atoms in total. The minimum Gasteiger partial charge on any atom is -0.351 e. The van der Waals surface area contributed by atoms with Crippen LogP contribution in [0.1, 0.15) is 19.4 Å². The fraction of sp³-hybridized carbons (Fsp3) is 0.571. The van der Waals surface area contributed by atoms with Crippen LogP contribution in [0, 0.1) is 0 Å². The van der Waals surface area contributed by atoms with Crippen LogP contribution in [0.2, 0.25) is 10.0 Å². The van der Waals surface area contributed by atoms with Gasteiger partial charge in [0.25, 0.3) is 0 Å². The number of ether oxygens (including phenoxy) is 2. The van der Waals surface area contributed by atoms with Gasteiger partial charge in [-0.1, -0.05) is 29.3 Å². The third-order valence-electron chi connectivity index (χ3n) is 2.80. The van der Waals surface area contributed by atoms with Crippen LogP contribution in [0.15, 0.2) is 18.2 Å². The summed E-state index contributed by atoms with van der Waals surface area (Å²) >= 11 is 11.9. The van der Waals surface area contributed by atoms with E-state index in [1.807, 2.05) is 39.1 Å². The van der Waals surface area contributed by atoms with Gasteiger partial charge in [0.2, 0.25) is 0 Å². The molecule has 1 rings (SSSR count). The second kappa shape index (κ2) is 8.77. The summed E-state index contributed by atoms with van der Waals surface area (Å²) in [5.74, 6) is 0. The smallest absolute Gasteiger partial charge is 0.172 e. The summed E-state index contributed by atoms with van der Waals surface area (Å²) in [6.45, 7) is 5.14. The molecule has 0 bridgehead atoms. The highest BCUT2D eigenvalue weighted by Crippen LogP contribution is 2.23. The van der Waals surface area contributed by atoms with Crippen LogP contribution in [-0.4, -0.2) is 32.6 Å². The average molecular weight is 306 g/mol. The minimum absolute atomic E-state index is 0.0668. The predicted octanol–water partition coefficient (Wildman–Crippen LogP) is 3.52. The number of halogens is 2. The summed E-state index contributed by atoms with van der Waals surface area (Å²) in [6, 6.07) is 5.72. The first-order valence-electron chi connectivity index (χ1n) is 6.46. The largest absolute Gasteiger partial charge is 0.351 e. The standard InChI is InChI=1S/C14H21Cl2NO2/c1-4-18-14(19-5-2)13(17-3)9-10-6-7-11(15)12(16)8-10/h6-8,13-14,17H,4-5,9H2,1-3H3. The molecule has 0 saturated heterocycles. The maximum atomic E-state index is 6.03. The molecule has 0 aliphatic rings. The van der Waals surface area contributed by atoms with E-state index >= 15 is 0 Å². The van der Waals surface area contributed by atoms with Crippen molar-refractivity contribution in [3.63, 3.8) is 0 Å². The molecule has 0 radical (unpaired) electrons. The zero-order chi connectivity index (χ0) is 14.3. The number of rotatable bonds is 8. The fourth-order valence-corrected chi connectivity index (χ4v) is 2.18. The maximum absolute atomic E-state index is 6.03. The van der Waals surface area contributed by atoms with Crippen molar-refractivity contribution in [3.8, 4) is 0 Å². The number of nitrogens with one attached hydrogen (secondary N) is 1. The topological polar surface area (TPSA) is 30.5 Å². The van der Waals surface area contributed by atoms with Crippen LogP contribution in [0.3, 0.4) is 0 Å². The van der Waals surface area contributed by atoms with Crippen LogP contribution in [-0.2, 0) is 15.9 Å². The molecule has 0 saturated carbocycles. The third kappa shape index (κ3) is 5.28. The van der Waals surface area contributed by atoms with Crippen molar-refractivity contribution in [2.45, 2.75) is 32.6 Å². The first-order valence-corrected chi connectivity index (χ1v) is 7.22. The average Bonchev–Trinajstić information content (AvgIpc) is 2.40. The molecular formula is C14H21Cl2NO2. The Morgan fingerprint density at radius 1 is 1.11 bits per heavy atom. The Hall–Kier alpha value is -0.320. The van der Waals surface area contributed by atoms with Gasteiger partial charge in [-0.05, 0) is 45.0 Å². The molecule has 0 amide bonds. The van der Waals surface area contributed by atoms with E-state index in [2.05, 4.69) is 5.32 Å². The highest BCUT2D eigenvalue weighted by Gasteiger charge is 2.21. The van der Waals surface area contributed by atoms with Crippen LogP contribution >= 0.6 is 23.2 Å². The molecule has 0 aliphatic carbocycles. The molecule has 1 aromatic rings. The van der Waals surface area contributed by atoms with Gasteiger partial charge in [-0.25, -0.2) is 0 Å². The summed E-state index contributed by atoms with van der Waals surface area (Å²) in [4.78, 5) is 0. The van der Waals surface area contributed by atoms with E-state index in [9.17, 15) is 0 Å². The molecule has 5 heteroatoms. The highest BCUT2D eigenvalue weighted by molar-refractivity contribution is 6.42. The van der Waals surface area contributed by atoms with E-state index in [1.165, 1.54) is 0 Å². The van der Waals surface area contributed by atoms with E-state index in [0.717, 1.165) is 12.0 Å². The van der Waals surface area contributed by atoms with Crippen LogP contribution < -0.4 is 5.32 Å². The van der Waals surface area contributed by atoms with Crippen molar-refractivity contribution in [2.24, 2.45) is 0 Å². The number of hydrogen-bond donors (Lipinski definition) is 1. The van der Waals surface area contributed by atoms with Crippen LogP contribution in [0.4, 0.5) is 0 Å². The Kier molecular flexibility index (Phi) is 7.73. The molecule has 0 aliphatic heterocycles. The first kappa shape index (κ1) is 16.7. The highest BCUT2D eigenvalue weighted by atomic mass is 35.5. The summed E-state index contributed by atoms with van der Waals surface area (Å²) in [6.07, 6.45) is 0.493. The van der Waals surface area contributed by atoms with Crippen molar-refractivity contribution in [3.05, 3.63) is 33.8 Å². The summed E-state index contributed by atoms with van der Waals surface area (Å²) in [5.41, 5.74) is 1.10. The second-order valence-electron chi connectivity index (χ2n) is 4.13. The lowest BCUT2D eigenvalue weighted by atomic mass is 10.1. The summed E-state index contributed by atoms with van der Waals surface area (Å²) < 4.78 is 11.2. The SMILES string of the molecule is CCOC(OCC)C(Cc1ccc(Cl)c(Cl)c1)NC. The molecule has 0 spiro atoms. The van der Waals surface area contributed by atoms with Gasteiger partial charge in [0, 0.05) is 13.2 Å². The van der Waals surface area contributed by atoms with Crippen molar-refractivity contribution in [1.29, 1.82) is 0 Å². The lowest BCUT2D eigenvalue weighted by Gasteiger charge is -2.26. The van der Waals surface area contributed by atoms with E-state index in [-0.39, 0.29) is 12.3 Å². The quantitative estimate of drug-likeness (QED) is 0.745. The number of hydrogen-bond acceptors (Lipinski definition) is 3. The van der Waals surface area contributed by atoms with Gasteiger partial charge in [0.1, 0.15) is 0 Å². The van der Waals surface area contributed by atoms with Gasteiger partial charge in [-0.15, -0.1) is 0 Å². The molecular weight excluding hydrogens is 285 g/mol. The van der Waals surface area contributed by atoms with Gasteiger partial charge < -0.3 is 14.8 Å². The molecule has 19 heavy (non-hydrogen) atoms. The van der Waals surface area contributed by atoms with Gasteiger partial charge in [0.05, 0.1) is 16.1 Å². The van der Waals surface area contributed by atoms with Gasteiger partial charge in [0.15, 0.2) is 6.29 Å². The van der Waals surface area contributed by atoms with Crippen LogP contribution in [0.5, 0.6) is 0 Å². The Balaban J connectivity index is 2.75. The third-order valence-corrected chi connectivity index (χ3v) is 3.54. The molecule has 0 aromatic heterocycles. The maximum Gasteiger partial charge on any atom is 0.172 e. The lowest BCUT2D eigenvalue weighted by Crippen LogP contribution is -2.42. The van der Waals surface area contributed by atoms with Crippen molar-refractivity contribution in [2.75, 3.05) is 20.3 Å². The predicted molar refractivity (Wildman–Crippen MR) is 80.1 cm³/mol. The van der Waals surface area contributed by atoms with Crippen molar-refractivity contribution < 1.29 is 9.47 Å². The zero-order valence-electron chi connectivity index (χ0n) is 11.6. The Labute approximate surface area is 125 Å². The van der Waals surface area contributed by atoms with E-state index in [0.29, 0.717) is 23.3 Å². The van der Waals surface area contributed by atoms with Gasteiger partial charge >= 0.3 is 0 Å². The molecule has 1 N–H and O–H groups in total. The molecule has 0 fully saturated rings. The molecule has 0 heterocycles. The van der Waals surface area contributed by atoms with Gasteiger partial charge in [-0.3, -0.25) is 0 Å². The Bertz CT molecular complexity index is 382. The minimum atomic E-state index is -0.269. The molecule has 1 aromatic carbocycles. The normalized spacial score (nSPS) is 12.9. The summed E-state index contributed by atoms with van der Waals surface area (Å²) in [7, 11) is 1.90. The zero-order valence-corrected chi connectivity index (χ0v) is 13.1. The second-order valence-corrected chi connectivity index (χ2v) is 4.94. The fourth-order valence-electron chi connectivity index (χ4n) is 1.86. The Morgan fingerprint density at radius 3 is 2.21 bits per heavy atom.